The lowest BCUT2D eigenvalue weighted by molar-refractivity contribution is -0.133. The lowest BCUT2D eigenvalue weighted by Gasteiger charge is -2.28. The summed E-state index contributed by atoms with van der Waals surface area (Å²) >= 11 is 0. The molecule has 0 bridgehead atoms. The summed E-state index contributed by atoms with van der Waals surface area (Å²) in [5.74, 6) is -1.69. The molecule has 1 aromatic heterocycles. The SMILES string of the molecule is COCCN(CC(=O)N(Cc1ccccc1)Cc1coc2ccc(C)cc2c1=O)C(=O)c1ccccc1F. The van der Waals surface area contributed by atoms with Gasteiger partial charge in [0.05, 0.1) is 35.9 Å². The molecule has 0 saturated carbocycles. The first-order chi connectivity index (χ1) is 18.4. The molecule has 0 fully saturated rings. The van der Waals surface area contributed by atoms with E-state index in [0.29, 0.717) is 16.5 Å². The molecule has 196 valence electrons. The lowest BCUT2D eigenvalue weighted by atomic mass is 10.1. The van der Waals surface area contributed by atoms with Gasteiger partial charge in [-0.05, 0) is 36.8 Å². The molecule has 0 unspecified atom stereocenters. The average molecular weight is 517 g/mol. The maximum atomic E-state index is 14.4. The second-order valence-electron chi connectivity index (χ2n) is 9.02. The van der Waals surface area contributed by atoms with Gasteiger partial charge in [0.1, 0.15) is 17.9 Å². The molecular formula is C30H29FN2O5. The summed E-state index contributed by atoms with van der Waals surface area (Å²) in [6.45, 7) is 2.01. The molecule has 0 aliphatic carbocycles. The van der Waals surface area contributed by atoms with E-state index < -0.39 is 17.6 Å². The molecule has 0 atom stereocenters. The minimum Gasteiger partial charge on any atom is -0.464 e. The van der Waals surface area contributed by atoms with Crippen molar-refractivity contribution in [2.75, 3.05) is 26.8 Å². The van der Waals surface area contributed by atoms with Gasteiger partial charge in [-0.1, -0.05) is 54.1 Å². The van der Waals surface area contributed by atoms with E-state index in [0.717, 1.165) is 11.1 Å². The minimum absolute atomic E-state index is 0.0219. The average Bonchev–Trinajstić information content (AvgIpc) is 2.92. The van der Waals surface area contributed by atoms with E-state index in [9.17, 15) is 18.8 Å². The van der Waals surface area contributed by atoms with Gasteiger partial charge in [0.15, 0.2) is 5.43 Å². The fourth-order valence-corrected chi connectivity index (χ4v) is 4.16. The molecule has 0 spiro atoms. The molecule has 3 aromatic carbocycles. The molecule has 7 nitrogen and oxygen atoms in total. The number of rotatable bonds is 10. The Morgan fingerprint density at radius 3 is 2.42 bits per heavy atom. The second-order valence-corrected chi connectivity index (χ2v) is 9.02. The lowest BCUT2D eigenvalue weighted by Crippen LogP contribution is -2.44. The van der Waals surface area contributed by atoms with Gasteiger partial charge in [0, 0.05) is 20.2 Å². The van der Waals surface area contributed by atoms with E-state index in [1.807, 2.05) is 43.3 Å². The molecule has 0 saturated heterocycles. The van der Waals surface area contributed by atoms with Crippen molar-refractivity contribution in [2.45, 2.75) is 20.0 Å². The summed E-state index contributed by atoms with van der Waals surface area (Å²) in [5.41, 5.74) is 2.20. The van der Waals surface area contributed by atoms with E-state index in [1.165, 1.54) is 41.4 Å². The molecule has 4 rings (SSSR count). The summed E-state index contributed by atoms with van der Waals surface area (Å²) in [7, 11) is 1.48. The second kappa shape index (κ2) is 12.3. The van der Waals surface area contributed by atoms with Crippen LogP contribution in [0.2, 0.25) is 0 Å². The Labute approximate surface area is 220 Å². The van der Waals surface area contributed by atoms with Gasteiger partial charge in [-0.25, -0.2) is 4.39 Å². The smallest absolute Gasteiger partial charge is 0.257 e. The number of aryl methyl sites for hydroxylation is 1. The van der Waals surface area contributed by atoms with Gasteiger partial charge in [-0.3, -0.25) is 14.4 Å². The van der Waals surface area contributed by atoms with E-state index in [1.54, 1.807) is 18.2 Å². The summed E-state index contributed by atoms with van der Waals surface area (Å²) in [6, 6.07) is 20.3. The van der Waals surface area contributed by atoms with Gasteiger partial charge in [0.2, 0.25) is 5.91 Å². The minimum atomic E-state index is -0.669. The van der Waals surface area contributed by atoms with Crippen LogP contribution in [0.25, 0.3) is 11.0 Å². The number of carbonyl (C=O) groups excluding carboxylic acids is 2. The molecular weight excluding hydrogens is 487 g/mol. The maximum absolute atomic E-state index is 14.4. The van der Waals surface area contributed by atoms with E-state index in [2.05, 4.69) is 0 Å². The van der Waals surface area contributed by atoms with Gasteiger partial charge < -0.3 is 19.0 Å². The standard InChI is InChI=1S/C30H29FN2O5/c1-21-12-13-27-25(16-21)29(35)23(20-38-27)18-33(17-22-8-4-3-5-9-22)28(34)19-32(14-15-37-2)30(36)24-10-6-7-11-26(24)31/h3-13,16,20H,14-15,17-19H2,1-2H3. The molecule has 0 N–H and O–H groups in total. The van der Waals surface area contributed by atoms with Crippen LogP contribution in [-0.2, 0) is 22.6 Å². The monoisotopic (exact) mass is 516 g/mol. The molecule has 4 aromatic rings. The third kappa shape index (κ3) is 6.33. The van der Waals surface area contributed by atoms with Crippen LogP contribution in [0.15, 0.2) is 88.3 Å². The van der Waals surface area contributed by atoms with Crippen molar-refractivity contribution in [3.8, 4) is 0 Å². The molecule has 38 heavy (non-hydrogen) atoms. The first-order valence-corrected chi connectivity index (χ1v) is 12.2. The van der Waals surface area contributed by atoms with Crippen molar-refractivity contribution in [1.82, 2.24) is 9.80 Å². The van der Waals surface area contributed by atoms with E-state index >= 15 is 0 Å². The quantitative estimate of drug-likeness (QED) is 0.309. The third-order valence-corrected chi connectivity index (χ3v) is 6.21. The molecule has 0 radical (unpaired) electrons. The number of benzene rings is 3. The van der Waals surface area contributed by atoms with Crippen LogP contribution in [0.4, 0.5) is 4.39 Å². The first-order valence-electron chi connectivity index (χ1n) is 12.2. The summed E-state index contributed by atoms with van der Waals surface area (Å²) in [4.78, 5) is 42.8. The number of nitrogens with zero attached hydrogens (tertiary/aromatic N) is 2. The van der Waals surface area contributed by atoms with Crippen molar-refractivity contribution in [1.29, 1.82) is 0 Å². The van der Waals surface area contributed by atoms with Crippen molar-refractivity contribution >= 4 is 22.8 Å². The largest absolute Gasteiger partial charge is 0.464 e. The normalized spacial score (nSPS) is 10.9. The Morgan fingerprint density at radius 2 is 1.68 bits per heavy atom. The molecule has 1 heterocycles. The number of fused-ring (bicyclic) bond motifs is 1. The highest BCUT2D eigenvalue weighted by molar-refractivity contribution is 5.96. The predicted molar refractivity (Wildman–Crippen MR) is 142 cm³/mol. The predicted octanol–water partition coefficient (Wildman–Crippen LogP) is 4.56. The molecule has 2 amide bonds. The summed E-state index contributed by atoms with van der Waals surface area (Å²) < 4.78 is 25.2. The fraction of sp³-hybridized carbons (Fsp3) is 0.233. The van der Waals surface area contributed by atoms with Crippen molar-refractivity contribution < 1.29 is 23.1 Å². The van der Waals surface area contributed by atoms with Crippen LogP contribution in [-0.4, -0.2) is 48.4 Å². The number of halogens is 1. The van der Waals surface area contributed by atoms with Crippen LogP contribution >= 0.6 is 0 Å². The molecule has 0 aliphatic rings. The highest BCUT2D eigenvalue weighted by Crippen LogP contribution is 2.17. The number of hydrogen-bond acceptors (Lipinski definition) is 5. The third-order valence-electron chi connectivity index (χ3n) is 6.21. The Kier molecular flexibility index (Phi) is 8.66. The summed E-state index contributed by atoms with van der Waals surface area (Å²) in [6.07, 6.45) is 1.37. The Hall–Kier alpha value is -4.30. The highest BCUT2D eigenvalue weighted by Gasteiger charge is 2.25. The maximum Gasteiger partial charge on any atom is 0.257 e. The van der Waals surface area contributed by atoms with Crippen LogP contribution < -0.4 is 5.43 Å². The Balaban J connectivity index is 1.64. The van der Waals surface area contributed by atoms with E-state index in [4.69, 9.17) is 9.15 Å². The van der Waals surface area contributed by atoms with Crippen molar-refractivity contribution in [3.63, 3.8) is 0 Å². The zero-order chi connectivity index (χ0) is 27.1. The van der Waals surface area contributed by atoms with Gasteiger partial charge >= 0.3 is 0 Å². The fourth-order valence-electron chi connectivity index (χ4n) is 4.16. The van der Waals surface area contributed by atoms with Crippen LogP contribution in [0.1, 0.15) is 27.0 Å². The first kappa shape index (κ1) is 26.8. The number of carbonyl (C=O) groups is 2. The number of methoxy groups -OCH3 is 1. The van der Waals surface area contributed by atoms with Gasteiger partial charge in [0.25, 0.3) is 5.91 Å². The molecule has 8 heteroatoms. The van der Waals surface area contributed by atoms with Gasteiger partial charge in [-0.15, -0.1) is 0 Å². The number of hydrogen-bond donors (Lipinski definition) is 0. The van der Waals surface area contributed by atoms with Crippen LogP contribution in [0, 0.1) is 12.7 Å². The Bertz CT molecular complexity index is 1490. The summed E-state index contributed by atoms with van der Waals surface area (Å²) in [5, 5.41) is 0.436. The Morgan fingerprint density at radius 1 is 0.947 bits per heavy atom. The van der Waals surface area contributed by atoms with Crippen molar-refractivity contribution in [3.05, 3.63) is 117 Å². The molecule has 0 aliphatic heterocycles. The number of ether oxygens (including phenoxy) is 1. The zero-order valence-corrected chi connectivity index (χ0v) is 21.4. The van der Waals surface area contributed by atoms with Crippen molar-refractivity contribution in [2.24, 2.45) is 0 Å². The van der Waals surface area contributed by atoms with Crippen LogP contribution in [0.5, 0.6) is 0 Å². The number of amides is 2. The van der Waals surface area contributed by atoms with Gasteiger partial charge in [-0.2, -0.15) is 0 Å². The zero-order valence-electron chi connectivity index (χ0n) is 21.4. The van der Waals surface area contributed by atoms with Crippen LogP contribution in [0.3, 0.4) is 0 Å². The van der Waals surface area contributed by atoms with E-state index in [-0.39, 0.29) is 43.8 Å². The topological polar surface area (TPSA) is 80.1 Å². The highest BCUT2D eigenvalue weighted by atomic mass is 19.1.